The van der Waals surface area contributed by atoms with Crippen molar-refractivity contribution in [2.24, 2.45) is 0 Å². The minimum absolute atomic E-state index is 0.814. The van der Waals surface area contributed by atoms with Crippen molar-refractivity contribution in [3.8, 4) is 0 Å². The van der Waals surface area contributed by atoms with Crippen molar-refractivity contribution in [1.82, 2.24) is 0 Å². The van der Waals surface area contributed by atoms with Crippen LogP contribution in [0, 0.1) is 0 Å². The molecule has 0 fully saturated rings. The highest BCUT2D eigenvalue weighted by molar-refractivity contribution is 5.84. The molecule has 0 radical (unpaired) electrons. The molecule has 0 unspecified atom stereocenters. The van der Waals surface area contributed by atoms with Crippen molar-refractivity contribution >= 4 is 23.5 Å². The highest BCUT2D eigenvalue weighted by atomic mass is 14.9. The monoisotopic (exact) mass is 198 g/mol. The molecule has 76 valence electrons. The second kappa shape index (κ2) is 4.05. The molecule has 2 nitrogen and oxygen atoms in total. The van der Waals surface area contributed by atoms with Gasteiger partial charge >= 0.3 is 0 Å². The second-order valence-corrected chi connectivity index (χ2v) is 3.41. The van der Waals surface area contributed by atoms with Gasteiger partial charge in [0.15, 0.2) is 0 Å². The predicted octanol–water partition coefficient (Wildman–Crippen LogP) is 2.91. The fourth-order valence-electron chi connectivity index (χ4n) is 1.65. The molecule has 1 aromatic carbocycles. The highest BCUT2D eigenvalue weighted by Crippen LogP contribution is 2.30. The van der Waals surface area contributed by atoms with Crippen molar-refractivity contribution < 1.29 is 0 Å². The molecular weight excluding hydrogens is 184 g/mol. The van der Waals surface area contributed by atoms with Gasteiger partial charge in [-0.25, -0.2) is 0 Å². The lowest BCUT2D eigenvalue weighted by atomic mass is 10.0. The first kappa shape index (κ1) is 9.59. The standard InChI is InChI=1S/C13H14N2/c1-2-3-5-10-7-8-12-11(13(10)14)6-4-9-15-12/h2-8,15H,1,9,14H2/b5-3-. The first-order valence-corrected chi connectivity index (χ1v) is 4.95. The van der Waals surface area contributed by atoms with Crippen LogP contribution in [-0.2, 0) is 0 Å². The van der Waals surface area contributed by atoms with E-state index in [-0.39, 0.29) is 0 Å². The first-order chi connectivity index (χ1) is 7.33. The molecule has 0 aromatic heterocycles. The molecule has 2 heteroatoms. The molecule has 15 heavy (non-hydrogen) atoms. The zero-order valence-electron chi connectivity index (χ0n) is 8.53. The molecule has 1 aromatic rings. The minimum Gasteiger partial charge on any atom is -0.398 e. The number of nitrogens with two attached hydrogens (primary N) is 1. The van der Waals surface area contributed by atoms with E-state index in [4.69, 9.17) is 5.73 Å². The zero-order valence-corrected chi connectivity index (χ0v) is 8.53. The molecular formula is C13H14N2. The Balaban J connectivity index is 2.49. The van der Waals surface area contributed by atoms with Crippen molar-refractivity contribution in [1.29, 1.82) is 0 Å². The van der Waals surface area contributed by atoms with E-state index in [0.717, 1.165) is 29.0 Å². The van der Waals surface area contributed by atoms with Crippen molar-refractivity contribution in [3.05, 3.63) is 48.1 Å². The van der Waals surface area contributed by atoms with Gasteiger partial charge in [0.1, 0.15) is 0 Å². The summed E-state index contributed by atoms with van der Waals surface area (Å²) in [6.07, 6.45) is 9.72. The predicted molar refractivity (Wildman–Crippen MR) is 67.6 cm³/mol. The number of rotatable bonds is 2. The van der Waals surface area contributed by atoms with E-state index in [9.17, 15) is 0 Å². The van der Waals surface area contributed by atoms with Crippen molar-refractivity contribution in [3.63, 3.8) is 0 Å². The molecule has 2 rings (SSSR count). The Hall–Kier alpha value is -1.96. The van der Waals surface area contributed by atoms with Gasteiger partial charge < -0.3 is 11.1 Å². The molecule has 0 atom stereocenters. The maximum absolute atomic E-state index is 6.07. The van der Waals surface area contributed by atoms with Crippen LogP contribution in [0.1, 0.15) is 11.1 Å². The van der Waals surface area contributed by atoms with Gasteiger partial charge in [-0.1, -0.05) is 43.0 Å². The minimum atomic E-state index is 0.814. The molecule has 0 spiro atoms. The molecule has 1 aliphatic rings. The van der Waals surface area contributed by atoms with Crippen molar-refractivity contribution in [2.75, 3.05) is 17.6 Å². The Morgan fingerprint density at radius 1 is 1.40 bits per heavy atom. The van der Waals surface area contributed by atoms with Crippen LogP contribution in [0.4, 0.5) is 11.4 Å². The molecule has 3 N–H and O–H groups in total. The average molecular weight is 198 g/mol. The van der Waals surface area contributed by atoms with Crippen LogP contribution in [0.25, 0.3) is 12.2 Å². The number of nitrogens with one attached hydrogen (secondary N) is 1. The third kappa shape index (κ3) is 1.79. The van der Waals surface area contributed by atoms with Gasteiger partial charge in [0, 0.05) is 23.5 Å². The summed E-state index contributed by atoms with van der Waals surface area (Å²) in [4.78, 5) is 0. The molecule has 0 saturated heterocycles. The van der Waals surface area contributed by atoms with Crippen LogP contribution in [0.15, 0.2) is 36.9 Å². The van der Waals surface area contributed by atoms with E-state index in [1.807, 2.05) is 18.2 Å². The van der Waals surface area contributed by atoms with Crippen molar-refractivity contribution in [2.45, 2.75) is 0 Å². The van der Waals surface area contributed by atoms with Gasteiger partial charge in [0.25, 0.3) is 0 Å². The Bertz CT molecular complexity index is 442. The summed E-state index contributed by atoms with van der Waals surface area (Å²) in [7, 11) is 0. The fraction of sp³-hybridized carbons (Fsp3) is 0.0769. The summed E-state index contributed by atoms with van der Waals surface area (Å²) >= 11 is 0. The highest BCUT2D eigenvalue weighted by Gasteiger charge is 2.08. The van der Waals surface area contributed by atoms with Gasteiger partial charge in [0.05, 0.1) is 0 Å². The molecule has 1 aliphatic heterocycles. The number of anilines is 2. The van der Waals surface area contributed by atoms with Crippen LogP contribution in [0.2, 0.25) is 0 Å². The lowest BCUT2D eigenvalue weighted by Gasteiger charge is -2.16. The second-order valence-electron chi connectivity index (χ2n) is 3.41. The first-order valence-electron chi connectivity index (χ1n) is 4.95. The van der Waals surface area contributed by atoms with E-state index in [1.54, 1.807) is 6.08 Å². The van der Waals surface area contributed by atoms with Gasteiger partial charge in [-0.2, -0.15) is 0 Å². The summed E-state index contributed by atoms with van der Waals surface area (Å²) in [5.74, 6) is 0. The molecule has 0 saturated carbocycles. The molecule has 0 amide bonds. The van der Waals surface area contributed by atoms with Crippen LogP contribution >= 0.6 is 0 Å². The number of benzene rings is 1. The Kier molecular flexibility index (Phi) is 2.59. The fourth-order valence-corrected chi connectivity index (χ4v) is 1.65. The molecule has 1 heterocycles. The number of hydrogen-bond donors (Lipinski definition) is 2. The Morgan fingerprint density at radius 2 is 2.27 bits per heavy atom. The van der Waals surface area contributed by atoms with E-state index < -0.39 is 0 Å². The number of fused-ring (bicyclic) bond motifs is 1. The zero-order chi connectivity index (χ0) is 10.7. The van der Waals surface area contributed by atoms with Gasteiger partial charge in [-0.05, 0) is 11.6 Å². The Labute approximate surface area is 89.8 Å². The number of hydrogen-bond acceptors (Lipinski definition) is 2. The van der Waals surface area contributed by atoms with E-state index in [2.05, 4.69) is 30.1 Å². The van der Waals surface area contributed by atoms with Crippen LogP contribution < -0.4 is 11.1 Å². The lowest BCUT2D eigenvalue weighted by molar-refractivity contribution is 1.31. The van der Waals surface area contributed by atoms with E-state index >= 15 is 0 Å². The molecule has 0 aliphatic carbocycles. The summed E-state index contributed by atoms with van der Waals surface area (Å²) in [5, 5.41) is 3.28. The normalized spacial score (nSPS) is 13.6. The third-order valence-electron chi connectivity index (χ3n) is 2.43. The van der Waals surface area contributed by atoms with Crippen LogP contribution in [0.3, 0.4) is 0 Å². The summed E-state index contributed by atoms with van der Waals surface area (Å²) in [5.41, 5.74) is 10.1. The van der Waals surface area contributed by atoms with Crippen LogP contribution in [0.5, 0.6) is 0 Å². The maximum Gasteiger partial charge on any atom is 0.0482 e. The third-order valence-corrected chi connectivity index (χ3v) is 2.43. The van der Waals surface area contributed by atoms with Gasteiger partial charge in [-0.15, -0.1) is 0 Å². The number of allylic oxidation sites excluding steroid dienone is 2. The van der Waals surface area contributed by atoms with Crippen LogP contribution in [-0.4, -0.2) is 6.54 Å². The summed E-state index contributed by atoms with van der Waals surface area (Å²) < 4.78 is 0. The van der Waals surface area contributed by atoms with E-state index in [0.29, 0.717) is 0 Å². The summed E-state index contributed by atoms with van der Waals surface area (Å²) in [6, 6.07) is 4.07. The topological polar surface area (TPSA) is 38.0 Å². The summed E-state index contributed by atoms with van der Waals surface area (Å²) in [6.45, 7) is 4.51. The quantitative estimate of drug-likeness (QED) is 0.566. The average Bonchev–Trinajstić information content (AvgIpc) is 2.29. The maximum atomic E-state index is 6.07. The smallest absolute Gasteiger partial charge is 0.0482 e. The number of nitrogen functional groups attached to an aromatic ring is 1. The van der Waals surface area contributed by atoms with Gasteiger partial charge in [0.2, 0.25) is 0 Å². The van der Waals surface area contributed by atoms with Gasteiger partial charge in [-0.3, -0.25) is 0 Å². The molecule has 0 bridgehead atoms. The Morgan fingerprint density at radius 3 is 3.07 bits per heavy atom. The van der Waals surface area contributed by atoms with E-state index in [1.165, 1.54) is 0 Å². The largest absolute Gasteiger partial charge is 0.398 e. The lowest BCUT2D eigenvalue weighted by Crippen LogP contribution is -2.07. The SMILES string of the molecule is C=C/C=C\c1ccc2c(c1N)C=CCN2.